The van der Waals surface area contributed by atoms with Crippen LogP contribution in [-0.2, 0) is 55.0 Å². The van der Waals surface area contributed by atoms with Gasteiger partial charge in [-0.15, -0.1) is 0 Å². The fourth-order valence-electron chi connectivity index (χ4n) is 0.773. The Labute approximate surface area is 201 Å². The van der Waals surface area contributed by atoms with Crippen molar-refractivity contribution in [2.24, 2.45) is 0 Å². The van der Waals surface area contributed by atoms with Crippen molar-refractivity contribution in [2.45, 2.75) is 36.6 Å². The van der Waals surface area contributed by atoms with E-state index in [9.17, 15) is 59.4 Å². The first-order chi connectivity index (χ1) is 13.4. The van der Waals surface area contributed by atoms with E-state index in [0.717, 1.165) is 0 Å². The van der Waals surface area contributed by atoms with E-state index in [2.05, 4.69) is 0 Å². The van der Waals surface area contributed by atoms with Crippen LogP contribution >= 0.6 is 0 Å². The van der Waals surface area contributed by atoms with Crippen LogP contribution in [0.1, 0.15) is 0 Å². The number of hydrogen-bond acceptors (Lipinski definition) is 18. The molecule has 0 radical (unpaired) electrons. The normalized spacial score (nSPS) is 14.4. The fourth-order valence-corrected chi connectivity index (χ4v) is 0.773. The third-order valence-electron chi connectivity index (χ3n) is 2.35. The van der Waals surface area contributed by atoms with E-state index in [1.807, 2.05) is 0 Å². The first kappa shape index (κ1) is 44.1. The van der Waals surface area contributed by atoms with Crippen molar-refractivity contribution in [2.75, 3.05) is 0 Å². The number of carbonyl (C=O) groups is 6. The first-order valence-corrected chi connectivity index (χ1v) is 6.73. The van der Waals surface area contributed by atoms with Crippen molar-refractivity contribution < 1.29 is 116 Å². The van der Waals surface area contributed by atoms with E-state index in [-0.39, 0.29) is 38.5 Å². The summed E-state index contributed by atoms with van der Waals surface area (Å²) >= 11 is 0. The minimum atomic E-state index is -2.44. The molecule has 21 heteroatoms. The molecule has 0 aromatic heterocycles. The maximum atomic E-state index is 9.63. The quantitative estimate of drug-likeness (QED) is 0.127. The van der Waals surface area contributed by atoms with Crippen molar-refractivity contribution in [3.63, 3.8) is 0 Å². The summed E-state index contributed by atoms with van der Waals surface area (Å²) in [6.45, 7) is 0. The molecule has 20 nitrogen and oxygen atoms in total. The van der Waals surface area contributed by atoms with Crippen LogP contribution in [0.4, 0.5) is 0 Å². The number of aliphatic carboxylic acids is 6. The van der Waals surface area contributed by atoms with E-state index < -0.39 is 72.4 Å². The van der Waals surface area contributed by atoms with Crippen LogP contribution in [0.3, 0.4) is 0 Å². The van der Waals surface area contributed by atoms with Gasteiger partial charge in [0.1, 0.15) is 36.6 Å². The Bertz CT molecular complexity index is 504. The maximum Gasteiger partial charge on any atom is 4.00 e. The van der Waals surface area contributed by atoms with Gasteiger partial charge in [0.05, 0.1) is 35.8 Å². The third kappa shape index (κ3) is 19.8. The molecule has 0 amide bonds. The van der Waals surface area contributed by atoms with E-state index >= 15 is 0 Å². The monoisotopic (exact) mass is 570 g/mol. The van der Waals surface area contributed by atoms with Crippen LogP contribution in [0.25, 0.3) is 0 Å². The molecular formula is C12H20N2O18Zr. The van der Waals surface area contributed by atoms with Gasteiger partial charge in [-0.25, -0.2) is 0 Å². The average molecular weight is 572 g/mol. The van der Waals surface area contributed by atoms with Crippen LogP contribution in [0.15, 0.2) is 0 Å². The third-order valence-corrected chi connectivity index (χ3v) is 2.35. The largest absolute Gasteiger partial charge is 4.00 e. The molecule has 14 N–H and O–H groups in total. The predicted octanol–water partition coefficient (Wildman–Crippen LogP) is -13.6. The standard InChI is InChI=1S/3C4H6O6.2H3N.Zr/c3*5-1(3(7)8)2(6)4(9)10;;;/h3*1-2,5-6H,(H,7,8)(H,9,10);2*1H3;/q;;;;;+4/p-4. The molecule has 33 heavy (non-hydrogen) atoms. The molecule has 0 aromatic carbocycles. The zero-order valence-electron chi connectivity index (χ0n) is 16.5. The van der Waals surface area contributed by atoms with Crippen molar-refractivity contribution in [1.82, 2.24) is 12.3 Å². The maximum absolute atomic E-state index is 9.63. The van der Waals surface area contributed by atoms with Gasteiger partial charge in [0.25, 0.3) is 0 Å². The van der Waals surface area contributed by atoms with Crippen LogP contribution in [-0.4, -0.2) is 103 Å². The molecule has 0 aliphatic rings. The number of aliphatic hydroxyl groups excluding tert-OH is 6. The minimum absolute atomic E-state index is 0. The summed E-state index contributed by atoms with van der Waals surface area (Å²) in [4.78, 5) is 57.8. The van der Waals surface area contributed by atoms with Crippen LogP contribution < -0.4 is 42.9 Å². The Hall–Kier alpha value is -2.62. The molecule has 0 saturated heterocycles. The molecule has 0 aromatic rings. The summed E-state index contributed by atoms with van der Waals surface area (Å²) in [7, 11) is 0. The van der Waals surface area contributed by atoms with Crippen LogP contribution in [0.5, 0.6) is 0 Å². The second-order valence-electron chi connectivity index (χ2n) is 4.58. The van der Waals surface area contributed by atoms with Gasteiger partial charge in [-0.1, -0.05) is 0 Å². The predicted molar refractivity (Wildman–Crippen MR) is 78.1 cm³/mol. The summed E-state index contributed by atoms with van der Waals surface area (Å²) in [5.41, 5.74) is 0. The zero-order valence-corrected chi connectivity index (χ0v) is 19.0. The van der Waals surface area contributed by atoms with Crippen molar-refractivity contribution in [3.8, 4) is 0 Å². The summed E-state index contributed by atoms with van der Waals surface area (Å²) < 4.78 is 0. The molecule has 6 atom stereocenters. The minimum Gasteiger partial charge on any atom is -0.547 e. The van der Waals surface area contributed by atoms with Gasteiger partial charge in [0.15, 0.2) is 0 Å². The Morgan fingerprint density at radius 1 is 0.364 bits per heavy atom. The number of carboxylic acids is 6. The van der Waals surface area contributed by atoms with Crippen LogP contribution in [0.2, 0.25) is 0 Å². The van der Waals surface area contributed by atoms with E-state index in [1.165, 1.54) is 0 Å². The molecule has 0 saturated carbocycles. The molecule has 0 bridgehead atoms. The SMILES string of the molecule is O=C([O-])C(O)C(O)C(=O)[O-].O=C([O-])C(O)C(O)C(=O)[O-].O=C([O-])C(O)C(O)C(=O)[O-].[NH4+].[NH4+].[Zr+4]. The molecule has 190 valence electrons. The Balaban J connectivity index is -0.0000000792. The number of aliphatic hydroxyl groups is 6. The topological polar surface area (TPSA) is 435 Å². The van der Waals surface area contributed by atoms with E-state index in [4.69, 9.17) is 30.6 Å². The number of hydrogen-bond donors (Lipinski definition) is 8. The van der Waals surface area contributed by atoms with E-state index in [0.29, 0.717) is 0 Å². The van der Waals surface area contributed by atoms with Crippen molar-refractivity contribution in [3.05, 3.63) is 0 Å². The summed E-state index contributed by atoms with van der Waals surface area (Å²) in [5.74, 6) is -12.4. The molecule has 0 aliphatic heterocycles. The molecule has 0 fully saturated rings. The average Bonchev–Trinajstić information content (AvgIpc) is 2.64. The fraction of sp³-hybridized carbons (Fsp3) is 0.500. The van der Waals surface area contributed by atoms with Gasteiger partial charge in [-0.05, 0) is 0 Å². The van der Waals surface area contributed by atoms with Gasteiger partial charge < -0.3 is 102 Å². The smallest absolute Gasteiger partial charge is 0.547 e. The van der Waals surface area contributed by atoms with E-state index in [1.54, 1.807) is 0 Å². The van der Waals surface area contributed by atoms with Crippen molar-refractivity contribution in [1.29, 1.82) is 0 Å². The number of carboxylic acid groups (broad SMARTS) is 6. The van der Waals surface area contributed by atoms with Gasteiger partial charge in [-0.3, -0.25) is 0 Å². The molecular weight excluding hydrogens is 551 g/mol. The number of rotatable bonds is 9. The van der Waals surface area contributed by atoms with Gasteiger partial charge in [0.2, 0.25) is 0 Å². The van der Waals surface area contributed by atoms with Gasteiger partial charge in [0, 0.05) is 0 Å². The van der Waals surface area contributed by atoms with Gasteiger partial charge >= 0.3 is 26.2 Å². The molecule has 0 heterocycles. The summed E-state index contributed by atoms with van der Waals surface area (Å²) in [6.07, 6.45) is -14.6. The molecule has 0 aliphatic carbocycles. The number of carbonyl (C=O) groups excluding carboxylic acids is 6. The van der Waals surface area contributed by atoms with Crippen LogP contribution in [0, 0.1) is 0 Å². The Kier molecular flexibility index (Phi) is 28.4. The van der Waals surface area contributed by atoms with Gasteiger partial charge in [-0.2, -0.15) is 0 Å². The first-order valence-electron chi connectivity index (χ1n) is 6.73. The molecule has 0 rings (SSSR count). The Morgan fingerprint density at radius 2 is 0.424 bits per heavy atom. The summed E-state index contributed by atoms with van der Waals surface area (Å²) in [5, 5.41) is 107. The molecule has 0 spiro atoms. The zero-order chi connectivity index (χ0) is 24.9. The second-order valence-corrected chi connectivity index (χ2v) is 4.58. The molecule has 6 unspecified atom stereocenters. The van der Waals surface area contributed by atoms with Crippen molar-refractivity contribution >= 4 is 35.8 Å². The Morgan fingerprint density at radius 3 is 0.455 bits per heavy atom. The second kappa shape index (κ2) is 21.2. The number of quaternary nitrogens is 2. The summed E-state index contributed by atoms with van der Waals surface area (Å²) in [6, 6.07) is 0.